The molecule has 19 heavy (non-hydrogen) atoms. The molecule has 1 saturated heterocycles. The minimum Gasteiger partial charge on any atom is -0.495 e. The van der Waals surface area contributed by atoms with Gasteiger partial charge in [-0.2, -0.15) is 5.26 Å². The first-order chi connectivity index (χ1) is 9.24. The smallest absolute Gasteiger partial charge is 0.224 e. The zero-order chi connectivity index (χ0) is 13.7. The fourth-order valence-electron chi connectivity index (χ4n) is 2.26. The van der Waals surface area contributed by atoms with Crippen molar-refractivity contribution in [1.29, 1.82) is 5.26 Å². The number of carbonyl (C=O) groups is 1. The molecule has 1 heterocycles. The average Bonchev–Trinajstić information content (AvgIpc) is 2.91. The lowest BCUT2D eigenvalue weighted by atomic mass is 10.0. The summed E-state index contributed by atoms with van der Waals surface area (Å²) in [7, 11) is 1.52. The maximum Gasteiger partial charge on any atom is 0.224 e. The number of hydrogen-bond donors (Lipinski definition) is 2. The third-order valence-corrected chi connectivity index (χ3v) is 3.27. The first kappa shape index (κ1) is 13.4. The second-order valence-corrected chi connectivity index (χ2v) is 4.61. The van der Waals surface area contributed by atoms with E-state index in [-0.39, 0.29) is 5.91 Å². The van der Waals surface area contributed by atoms with Crippen molar-refractivity contribution in [2.75, 3.05) is 25.5 Å². The molecule has 2 N–H and O–H groups in total. The van der Waals surface area contributed by atoms with Crippen molar-refractivity contribution in [1.82, 2.24) is 5.32 Å². The highest BCUT2D eigenvalue weighted by atomic mass is 16.5. The van der Waals surface area contributed by atoms with Gasteiger partial charge in [0.15, 0.2) is 0 Å². The van der Waals surface area contributed by atoms with Gasteiger partial charge in [-0.1, -0.05) is 6.07 Å². The second kappa shape index (κ2) is 6.21. The highest BCUT2D eigenvalue weighted by Crippen LogP contribution is 2.28. The molecular formula is C14H17N3O2. The number of ether oxygens (including phenoxy) is 1. The number of hydrogen-bond acceptors (Lipinski definition) is 4. The molecule has 5 heteroatoms. The van der Waals surface area contributed by atoms with Gasteiger partial charge in [-0.05, 0) is 37.6 Å². The van der Waals surface area contributed by atoms with Crippen LogP contribution in [0.3, 0.4) is 0 Å². The van der Waals surface area contributed by atoms with Gasteiger partial charge in [0.1, 0.15) is 17.5 Å². The van der Waals surface area contributed by atoms with Crippen LogP contribution in [-0.2, 0) is 4.79 Å². The van der Waals surface area contributed by atoms with E-state index < -0.39 is 0 Å². The second-order valence-electron chi connectivity index (χ2n) is 4.61. The Morgan fingerprint density at radius 2 is 2.47 bits per heavy atom. The molecule has 100 valence electrons. The molecule has 1 aromatic carbocycles. The highest BCUT2D eigenvalue weighted by molar-refractivity contribution is 5.94. The Morgan fingerprint density at radius 1 is 1.63 bits per heavy atom. The number of nitrogens with zero attached hydrogens (tertiary/aromatic N) is 1. The molecule has 1 amide bonds. The summed E-state index contributed by atoms with van der Waals surface area (Å²) in [6.45, 7) is 1.85. The van der Waals surface area contributed by atoms with E-state index in [1.54, 1.807) is 18.2 Å². The molecule has 0 saturated carbocycles. The Labute approximate surface area is 112 Å². The van der Waals surface area contributed by atoms with Crippen LogP contribution >= 0.6 is 0 Å². The zero-order valence-corrected chi connectivity index (χ0v) is 10.9. The van der Waals surface area contributed by atoms with Crippen molar-refractivity contribution in [2.45, 2.75) is 12.8 Å². The maximum absolute atomic E-state index is 12.0. The lowest BCUT2D eigenvalue weighted by Crippen LogP contribution is -2.19. The average molecular weight is 259 g/mol. The van der Waals surface area contributed by atoms with Gasteiger partial charge in [0.05, 0.1) is 12.7 Å². The van der Waals surface area contributed by atoms with E-state index in [1.807, 2.05) is 0 Å². The SMILES string of the molecule is COc1cccc(C#N)c1NC(=O)CC1CCNC1. The summed E-state index contributed by atoms with van der Waals surface area (Å²) in [6, 6.07) is 7.18. The van der Waals surface area contributed by atoms with Crippen LogP contribution in [0.1, 0.15) is 18.4 Å². The normalized spacial score (nSPS) is 17.8. The maximum atomic E-state index is 12.0. The first-order valence-electron chi connectivity index (χ1n) is 6.32. The minimum atomic E-state index is -0.0744. The van der Waals surface area contributed by atoms with Gasteiger partial charge in [0.25, 0.3) is 0 Å². The van der Waals surface area contributed by atoms with E-state index in [4.69, 9.17) is 10.00 Å². The fourth-order valence-corrected chi connectivity index (χ4v) is 2.26. The number of methoxy groups -OCH3 is 1. The molecular weight excluding hydrogens is 242 g/mol. The van der Waals surface area contributed by atoms with Crippen LogP contribution in [0, 0.1) is 17.2 Å². The van der Waals surface area contributed by atoms with Gasteiger partial charge in [0.2, 0.25) is 5.91 Å². The summed E-state index contributed by atoms with van der Waals surface area (Å²) >= 11 is 0. The molecule has 0 bridgehead atoms. The summed E-state index contributed by atoms with van der Waals surface area (Å²) in [5, 5.41) is 15.1. The lowest BCUT2D eigenvalue weighted by Gasteiger charge is -2.13. The molecule has 5 nitrogen and oxygen atoms in total. The van der Waals surface area contributed by atoms with Crippen LogP contribution in [0.15, 0.2) is 18.2 Å². The number of amides is 1. The van der Waals surface area contributed by atoms with E-state index >= 15 is 0 Å². The third kappa shape index (κ3) is 3.24. The molecule has 1 unspecified atom stereocenters. The Bertz CT molecular complexity index is 502. The summed E-state index contributed by atoms with van der Waals surface area (Å²) < 4.78 is 5.18. The van der Waals surface area contributed by atoms with Crippen LogP contribution in [0.25, 0.3) is 0 Å². The largest absolute Gasteiger partial charge is 0.495 e. The van der Waals surface area contributed by atoms with Crippen LogP contribution in [-0.4, -0.2) is 26.1 Å². The Hall–Kier alpha value is -2.06. The Morgan fingerprint density at radius 3 is 3.11 bits per heavy atom. The third-order valence-electron chi connectivity index (χ3n) is 3.27. The van der Waals surface area contributed by atoms with Crippen LogP contribution in [0.4, 0.5) is 5.69 Å². The summed E-state index contributed by atoms with van der Waals surface area (Å²) in [4.78, 5) is 12.0. The predicted molar refractivity (Wildman–Crippen MR) is 71.9 cm³/mol. The fraction of sp³-hybridized carbons (Fsp3) is 0.429. The Kier molecular flexibility index (Phi) is 4.37. The molecule has 1 aromatic rings. The standard InChI is InChI=1S/C14H17N3O2/c1-19-12-4-2-3-11(8-15)14(12)17-13(18)7-10-5-6-16-9-10/h2-4,10,16H,5-7,9H2,1H3,(H,17,18). The number of para-hydroxylation sites is 1. The number of anilines is 1. The molecule has 0 aliphatic carbocycles. The monoisotopic (exact) mass is 259 g/mol. The molecule has 1 atom stereocenters. The van der Waals surface area contributed by atoms with Gasteiger partial charge in [-0.3, -0.25) is 4.79 Å². The highest BCUT2D eigenvalue weighted by Gasteiger charge is 2.19. The molecule has 1 aliphatic rings. The van der Waals surface area contributed by atoms with Crippen molar-refractivity contribution in [3.05, 3.63) is 23.8 Å². The van der Waals surface area contributed by atoms with Gasteiger partial charge in [-0.15, -0.1) is 0 Å². The molecule has 1 aliphatic heterocycles. The van der Waals surface area contributed by atoms with E-state index in [2.05, 4.69) is 16.7 Å². The number of nitriles is 1. The molecule has 0 spiro atoms. The van der Waals surface area contributed by atoms with Crippen LogP contribution < -0.4 is 15.4 Å². The number of rotatable bonds is 4. The summed E-state index contributed by atoms with van der Waals surface area (Å²) in [5.41, 5.74) is 0.876. The van der Waals surface area contributed by atoms with Crippen molar-refractivity contribution < 1.29 is 9.53 Å². The van der Waals surface area contributed by atoms with Gasteiger partial charge in [-0.25, -0.2) is 0 Å². The van der Waals surface area contributed by atoms with Gasteiger partial charge >= 0.3 is 0 Å². The van der Waals surface area contributed by atoms with Gasteiger partial charge < -0.3 is 15.4 Å². The van der Waals surface area contributed by atoms with Crippen molar-refractivity contribution in [3.8, 4) is 11.8 Å². The van der Waals surface area contributed by atoms with E-state index in [9.17, 15) is 4.79 Å². The first-order valence-corrected chi connectivity index (χ1v) is 6.32. The summed E-state index contributed by atoms with van der Waals surface area (Å²) in [6.07, 6.45) is 1.49. The van der Waals surface area contributed by atoms with Crippen molar-refractivity contribution in [2.24, 2.45) is 5.92 Å². The van der Waals surface area contributed by atoms with Gasteiger partial charge in [0, 0.05) is 6.42 Å². The molecule has 0 aromatic heterocycles. The van der Waals surface area contributed by atoms with Crippen LogP contribution in [0.5, 0.6) is 5.75 Å². The van der Waals surface area contributed by atoms with Crippen LogP contribution in [0.2, 0.25) is 0 Å². The topological polar surface area (TPSA) is 74.1 Å². The van der Waals surface area contributed by atoms with Crippen molar-refractivity contribution in [3.63, 3.8) is 0 Å². The van der Waals surface area contributed by atoms with E-state index in [0.717, 1.165) is 19.5 Å². The zero-order valence-electron chi connectivity index (χ0n) is 10.9. The molecule has 0 radical (unpaired) electrons. The Balaban J connectivity index is 2.09. The van der Waals surface area contributed by atoms with E-state index in [1.165, 1.54) is 7.11 Å². The number of carbonyl (C=O) groups excluding carboxylic acids is 1. The molecule has 1 fully saturated rings. The number of benzene rings is 1. The lowest BCUT2D eigenvalue weighted by molar-refractivity contribution is -0.117. The number of nitrogens with one attached hydrogen (secondary N) is 2. The quantitative estimate of drug-likeness (QED) is 0.859. The minimum absolute atomic E-state index is 0.0744. The van der Waals surface area contributed by atoms with Crippen molar-refractivity contribution >= 4 is 11.6 Å². The van der Waals surface area contributed by atoms with E-state index in [0.29, 0.717) is 29.3 Å². The molecule has 2 rings (SSSR count). The predicted octanol–water partition coefficient (Wildman–Crippen LogP) is 1.50. The summed E-state index contributed by atoms with van der Waals surface area (Å²) in [5.74, 6) is 0.812.